The standard InChI is InChI=1S/C21H26FN3O/c1-16-5-3-4-6-19(16)20-15-25(13-14-26-20)21(23-2)24-12-11-17-7-9-18(22)10-8-17/h3-10,20H,11-15H2,1-2H3,(H,23,24). The Morgan fingerprint density at radius 1 is 1.23 bits per heavy atom. The maximum absolute atomic E-state index is 13.0. The van der Waals surface area contributed by atoms with E-state index in [1.807, 2.05) is 12.1 Å². The average Bonchev–Trinajstić information content (AvgIpc) is 2.67. The number of guanidine groups is 1. The van der Waals surface area contributed by atoms with Gasteiger partial charge in [0.1, 0.15) is 11.9 Å². The fraction of sp³-hybridized carbons (Fsp3) is 0.381. The van der Waals surface area contributed by atoms with Crippen molar-refractivity contribution in [1.82, 2.24) is 10.2 Å². The maximum Gasteiger partial charge on any atom is 0.193 e. The van der Waals surface area contributed by atoms with Crippen molar-refractivity contribution in [2.75, 3.05) is 33.3 Å². The molecule has 4 nitrogen and oxygen atoms in total. The van der Waals surface area contributed by atoms with Crippen LogP contribution in [0, 0.1) is 12.7 Å². The number of nitrogens with one attached hydrogen (secondary N) is 1. The lowest BCUT2D eigenvalue weighted by molar-refractivity contribution is -0.00829. The Balaban J connectivity index is 1.57. The summed E-state index contributed by atoms with van der Waals surface area (Å²) in [6, 6.07) is 15.0. The monoisotopic (exact) mass is 355 g/mol. The largest absolute Gasteiger partial charge is 0.370 e. The van der Waals surface area contributed by atoms with Crippen LogP contribution in [-0.4, -0.2) is 44.1 Å². The van der Waals surface area contributed by atoms with E-state index in [2.05, 4.69) is 46.4 Å². The summed E-state index contributed by atoms with van der Waals surface area (Å²) in [6.45, 7) is 5.15. The summed E-state index contributed by atoms with van der Waals surface area (Å²) in [5.74, 6) is 0.682. The average molecular weight is 355 g/mol. The third-order valence-corrected chi connectivity index (χ3v) is 4.72. The van der Waals surface area contributed by atoms with E-state index >= 15 is 0 Å². The zero-order chi connectivity index (χ0) is 18.4. The zero-order valence-electron chi connectivity index (χ0n) is 15.4. The minimum atomic E-state index is -0.201. The number of hydrogen-bond donors (Lipinski definition) is 1. The topological polar surface area (TPSA) is 36.9 Å². The Morgan fingerprint density at radius 3 is 2.73 bits per heavy atom. The molecule has 1 heterocycles. The van der Waals surface area contributed by atoms with Gasteiger partial charge < -0.3 is 15.0 Å². The Labute approximate surface area is 154 Å². The lowest BCUT2D eigenvalue weighted by Gasteiger charge is -2.35. The number of morpholine rings is 1. The number of aliphatic imine (C=N–C) groups is 1. The number of rotatable bonds is 4. The highest BCUT2D eigenvalue weighted by Gasteiger charge is 2.24. The van der Waals surface area contributed by atoms with E-state index in [4.69, 9.17) is 4.74 Å². The molecule has 0 bridgehead atoms. The van der Waals surface area contributed by atoms with Gasteiger partial charge in [-0.25, -0.2) is 4.39 Å². The van der Waals surface area contributed by atoms with E-state index in [9.17, 15) is 4.39 Å². The first kappa shape index (κ1) is 18.4. The van der Waals surface area contributed by atoms with Gasteiger partial charge in [0.15, 0.2) is 5.96 Å². The van der Waals surface area contributed by atoms with Gasteiger partial charge in [-0.2, -0.15) is 0 Å². The molecule has 5 heteroatoms. The third-order valence-electron chi connectivity index (χ3n) is 4.72. The summed E-state index contributed by atoms with van der Waals surface area (Å²) in [6.07, 6.45) is 0.880. The molecule has 1 unspecified atom stereocenters. The minimum Gasteiger partial charge on any atom is -0.370 e. The second-order valence-corrected chi connectivity index (χ2v) is 6.51. The van der Waals surface area contributed by atoms with Crippen LogP contribution in [0.2, 0.25) is 0 Å². The first-order valence-corrected chi connectivity index (χ1v) is 9.04. The number of nitrogens with zero attached hydrogens (tertiary/aromatic N) is 2. The molecule has 3 rings (SSSR count). The van der Waals surface area contributed by atoms with Crippen LogP contribution in [0.15, 0.2) is 53.5 Å². The van der Waals surface area contributed by atoms with Crippen molar-refractivity contribution in [3.05, 3.63) is 71.0 Å². The van der Waals surface area contributed by atoms with Gasteiger partial charge >= 0.3 is 0 Å². The molecular formula is C21H26FN3O. The van der Waals surface area contributed by atoms with Crippen LogP contribution < -0.4 is 5.32 Å². The van der Waals surface area contributed by atoms with E-state index in [1.165, 1.54) is 23.3 Å². The van der Waals surface area contributed by atoms with Crippen LogP contribution in [0.25, 0.3) is 0 Å². The van der Waals surface area contributed by atoms with E-state index in [0.717, 1.165) is 37.6 Å². The highest BCUT2D eigenvalue weighted by atomic mass is 19.1. The smallest absolute Gasteiger partial charge is 0.193 e. The van der Waals surface area contributed by atoms with Crippen molar-refractivity contribution in [2.24, 2.45) is 4.99 Å². The van der Waals surface area contributed by atoms with Crippen LogP contribution in [0.3, 0.4) is 0 Å². The van der Waals surface area contributed by atoms with Gasteiger partial charge in [-0.1, -0.05) is 36.4 Å². The van der Waals surface area contributed by atoms with E-state index in [1.54, 1.807) is 7.05 Å². The molecule has 0 radical (unpaired) electrons. The fourth-order valence-electron chi connectivity index (χ4n) is 3.28. The summed E-state index contributed by atoms with van der Waals surface area (Å²) >= 11 is 0. The molecule has 0 saturated carbocycles. The number of ether oxygens (including phenoxy) is 1. The van der Waals surface area contributed by atoms with Crippen molar-refractivity contribution < 1.29 is 9.13 Å². The molecule has 138 valence electrons. The molecular weight excluding hydrogens is 329 g/mol. The SMILES string of the molecule is CN=C(NCCc1ccc(F)cc1)N1CCOC(c2ccccc2C)C1. The summed E-state index contributed by atoms with van der Waals surface area (Å²) in [5.41, 5.74) is 3.59. The first-order valence-electron chi connectivity index (χ1n) is 9.04. The predicted octanol–water partition coefficient (Wildman–Crippen LogP) is 3.33. The predicted molar refractivity (Wildman–Crippen MR) is 103 cm³/mol. The molecule has 1 aliphatic rings. The summed E-state index contributed by atoms with van der Waals surface area (Å²) < 4.78 is 19.0. The lowest BCUT2D eigenvalue weighted by atomic mass is 10.0. The van der Waals surface area contributed by atoms with E-state index < -0.39 is 0 Å². The molecule has 0 amide bonds. The molecule has 1 atom stereocenters. The van der Waals surface area contributed by atoms with Gasteiger partial charge in [-0.05, 0) is 42.2 Å². The summed E-state index contributed by atoms with van der Waals surface area (Å²) in [4.78, 5) is 6.66. The molecule has 26 heavy (non-hydrogen) atoms. The Morgan fingerprint density at radius 2 is 2.00 bits per heavy atom. The quantitative estimate of drug-likeness (QED) is 0.675. The minimum absolute atomic E-state index is 0.0561. The van der Waals surface area contributed by atoms with Gasteiger partial charge in [0.25, 0.3) is 0 Å². The normalized spacial score (nSPS) is 18.0. The van der Waals surface area contributed by atoms with Crippen LogP contribution in [0.4, 0.5) is 4.39 Å². The fourth-order valence-corrected chi connectivity index (χ4v) is 3.28. The van der Waals surface area contributed by atoms with Crippen LogP contribution in [0.1, 0.15) is 22.8 Å². The third kappa shape index (κ3) is 4.61. The number of halogens is 1. The van der Waals surface area contributed by atoms with Crippen molar-refractivity contribution >= 4 is 5.96 Å². The second-order valence-electron chi connectivity index (χ2n) is 6.51. The van der Waals surface area contributed by atoms with Crippen LogP contribution in [-0.2, 0) is 11.2 Å². The number of hydrogen-bond acceptors (Lipinski definition) is 2. The van der Waals surface area contributed by atoms with Gasteiger partial charge in [-0.15, -0.1) is 0 Å². The van der Waals surface area contributed by atoms with Crippen molar-refractivity contribution in [1.29, 1.82) is 0 Å². The van der Waals surface area contributed by atoms with Gasteiger partial charge in [0, 0.05) is 20.1 Å². The Hall–Kier alpha value is -2.40. The lowest BCUT2D eigenvalue weighted by Crippen LogP contribution is -2.48. The molecule has 1 N–H and O–H groups in total. The zero-order valence-corrected chi connectivity index (χ0v) is 15.4. The summed E-state index contributed by atoms with van der Waals surface area (Å²) in [7, 11) is 1.80. The molecule has 1 fully saturated rings. The highest BCUT2D eigenvalue weighted by Crippen LogP contribution is 2.24. The Bertz CT molecular complexity index is 745. The van der Waals surface area contributed by atoms with Crippen LogP contribution in [0.5, 0.6) is 0 Å². The Kier molecular flexibility index (Phi) is 6.23. The van der Waals surface area contributed by atoms with Crippen molar-refractivity contribution in [3.63, 3.8) is 0 Å². The molecule has 1 saturated heterocycles. The molecule has 0 aliphatic carbocycles. The van der Waals surface area contributed by atoms with Crippen LogP contribution >= 0.6 is 0 Å². The summed E-state index contributed by atoms with van der Waals surface area (Å²) in [5, 5.41) is 3.42. The first-order chi connectivity index (χ1) is 12.7. The molecule has 2 aromatic rings. The molecule has 0 aromatic heterocycles. The van der Waals surface area contributed by atoms with E-state index in [-0.39, 0.29) is 11.9 Å². The second kappa shape index (κ2) is 8.81. The van der Waals surface area contributed by atoms with Crippen molar-refractivity contribution in [2.45, 2.75) is 19.4 Å². The van der Waals surface area contributed by atoms with Gasteiger partial charge in [0.05, 0.1) is 13.2 Å². The molecule has 2 aromatic carbocycles. The highest BCUT2D eigenvalue weighted by molar-refractivity contribution is 5.80. The van der Waals surface area contributed by atoms with E-state index in [0.29, 0.717) is 6.61 Å². The molecule has 0 spiro atoms. The van der Waals surface area contributed by atoms with Gasteiger partial charge in [0.2, 0.25) is 0 Å². The molecule has 1 aliphatic heterocycles. The maximum atomic E-state index is 13.0. The van der Waals surface area contributed by atoms with Crippen molar-refractivity contribution in [3.8, 4) is 0 Å². The number of aryl methyl sites for hydroxylation is 1. The van der Waals surface area contributed by atoms with Gasteiger partial charge in [-0.3, -0.25) is 4.99 Å². The number of benzene rings is 2.